The molecule has 1 N–H and O–H groups in total. The molecular formula is C3H5NO4S. The average Bonchev–Trinajstić information content (AvgIpc) is 1.60. The monoisotopic (exact) mass is 151 g/mol. The third kappa shape index (κ3) is 1.65. The molecule has 1 aliphatic heterocycles. The molecule has 0 saturated carbocycles. The highest BCUT2D eigenvalue weighted by Gasteiger charge is 2.20. The fourth-order valence-electron chi connectivity index (χ4n) is 0.464. The summed E-state index contributed by atoms with van der Waals surface area (Å²) >= 11 is 0. The Kier molecular flexibility index (Phi) is 1.42. The summed E-state index contributed by atoms with van der Waals surface area (Å²) in [5, 5.41) is 0. The summed E-state index contributed by atoms with van der Waals surface area (Å²) in [6, 6.07) is 0. The van der Waals surface area contributed by atoms with E-state index in [-0.39, 0.29) is 13.0 Å². The Bertz CT molecular complexity index is 218. The number of amides is 1. The molecule has 6 heteroatoms. The summed E-state index contributed by atoms with van der Waals surface area (Å²) in [4.78, 5) is 10.3. The zero-order chi connectivity index (χ0) is 6.91. The van der Waals surface area contributed by atoms with Crippen LogP contribution in [0.15, 0.2) is 0 Å². The first-order valence-electron chi connectivity index (χ1n) is 2.30. The van der Waals surface area contributed by atoms with Crippen molar-refractivity contribution >= 4 is 16.2 Å². The van der Waals surface area contributed by atoms with Crippen molar-refractivity contribution in [3.8, 4) is 0 Å². The van der Waals surface area contributed by atoms with E-state index in [2.05, 4.69) is 4.18 Å². The fourth-order valence-corrected chi connectivity index (χ4v) is 1.21. The SMILES string of the molecule is O=C1CCOS(=O)(=O)N1. The highest BCUT2D eigenvalue weighted by atomic mass is 32.2. The molecule has 1 aliphatic rings. The Labute approximate surface area is 52.3 Å². The van der Waals surface area contributed by atoms with Crippen molar-refractivity contribution in [2.75, 3.05) is 6.61 Å². The van der Waals surface area contributed by atoms with Gasteiger partial charge >= 0.3 is 10.3 Å². The molecule has 1 amide bonds. The van der Waals surface area contributed by atoms with Gasteiger partial charge in [-0.2, -0.15) is 8.42 Å². The number of carbonyl (C=O) groups excluding carboxylic acids is 1. The van der Waals surface area contributed by atoms with Crippen LogP contribution in [-0.4, -0.2) is 20.9 Å². The summed E-state index contributed by atoms with van der Waals surface area (Å²) < 4.78 is 26.5. The Morgan fingerprint density at radius 3 is 2.56 bits per heavy atom. The largest absolute Gasteiger partial charge is 0.362 e. The van der Waals surface area contributed by atoms with Crippen LogP contribution < -0.4 is 4.72 Å². The van der Waals surface area contributed by atoms with Gasteiger partial charge in [-0.25, -0.2) is 4.72 Å². The van der Waals surface area contributed by atoms with Crippen LogP contribution in [0, 0.1) is 0 Å². The average molecular weight is 151 g/mol. The molecule has 0 aromatic rings. The van der Waals surface area contributed by atoms with E-state index in [9.17, 15) is 13.2 Å². The Morgan fingerprint density at radius 2 is 2.22 bits per heavy atom. The predicted octanol–water partition coefficient (Wildman–Crippen LogP) is -1.23. The fraction of sp³-hybridized carbons (Fsp3) is 0.667. The van der Waals surface area contributed by atoms with E-state index in [1.54, 1.807) is 4.72 Å². The first-order valence-corrected chi connectivity index (χ1v) is 3.71. The van der Waals surface area contributed by atoms with Gasteiger partial charge in [0.2, 0.25) is 5.91 Å². The van der Waals surface area contributed by atoms with Gasteiger partial charge < -0.3 is 0 Å². The van der Waals surface area contributed by atoms with Gasteiger partial charge in [0, 0.05) is 0 Å². The second-order valence-corrected chi connectivity index (χ2v) is 2.90. The van der Waals surface area contributed by atoms with E-state index in [0.717, 1.165) is 0 Å². The van der Waals surface area contributed by atoms with Crippen molar-refractivity contribution in [2.24, 2.45) is 0 Å². The third-order valence-electron chi connectivity index (χ3n) is 0.806. The normalized spacial score (nSPS) is 25.1. The number of nitrogens with one attached hydrogen (secondary N) is 1. The van der Waals surface area contributed by atoms with Crippen LogP contribution in [0.1, 0.15) is 6.42 Å². The van der Waals surface area contributed by atoms with Crippen molar-refractivity contribution in [3.05, 3.63) is 0 Å². The number of hydrogen-bond donors (Lipinski definition) is 1. The molecule has 0 aromatic heterocycles. The number of carbonyl (C=O) groups is 1. The molecule has 1 saturated heterocycles. The van der Waals surface area contributed by atoms with Gasteiger partial charge in [-0.3, -0.25) is 8.98 Å². The minimum absolute atomic E-state index is 0.0475. The molecule has 5 nitrogen and oxygen atoms in total. The van der Waals surface area contributed by atoms with Crippen molar-refractivity contribution < 1.29 is 17.4 Å². The lowest BCUT2D eigenvalue weighted by molar-refractivity contribution is -0.120. The maximum Gasteiger partial charge on any atom is 0.362 e. The first kappa shape index (κ1) is 6.50. The van der Waals surface area contributed by atoms with Gasteiger partial charge in [0.1, 0.15) is 0 Å². The van der Waals surface area contributed by atoms with Crippen LogP contribution in [-0.2, 0) is 19.3 Å². The highest BCUT2D eigenvalue weighted by Crippen LogP contribution is 1.97. The number of rotatable bonds is 0. The molecule has 1 rings (SSSR count). The summed E-state index contributed by atoms with van der Waals surface area (Å²) in [5.74, 6) is -0.513. The van der Waals surface area contributed by atoms with Crippen LogP contribution in [0.5, 0.6) is 0 Å². The minimum Gasteiger partial charge on any atom is -0.274 e. The molecule has 0 aliphatic carbocycles. The quantitative estimate of drug-likeness (QED) is 0.470. The molecule has 1 fully saturated rings. The lowest BCUT2D eigenvalue weighted by Crippen LogP contribution is -2.37. The smallest absolute Gasteiger partial charge is 0.274 e. The summed E-state index contributed by atoms with van der Waals surface area (Å²) in [6.45, 7) is -0.0475. The maximum atomic E-state index is 10.3. The van der Waals surface area contributed by atoms with Gasteiger partial charge in [0.05, 0.1) is 13.0 Å². The molecule has 0 aromatic carbocycles. The van der Waals surface area contributed by atoms with Gasteiger partial charge in [-0.15, -0.1) is 0 Å². The van der Waals surface area contributed by atoms with E-state index in [1.165, 1.54) is 0 Å². The summed E-state index contributed by atoms with van der Waals surface area (Å²) in [7, 11) is -3.73. The van der Waals surface area contributed by atoms with Crippen LogP contribution in [0.25, 0.3) is 0 Å². The molecule has 0 atom stereocenters. The summed E-state index contributed by atoms with van der Waals surface area (Å²) in [6.07, 6.45) is 0.110. The van der Waals surface area contributed by atoms with E-state index < -0.39 is 16.2 Å². The molecule has 52 valence electrons. The van der Waals surface area contributed by atoms with Crippen molar-refractivity contribution in [2.45, 2.75) is 6.42 Å². The molecular weight excluding hydrogens is 146 g/mol. The minimum atomic E-state index is -3.73. The Balaban J connectivity index is 2.73. The lowest BCUT2D eigenvalue weighted by Gasteiger charge is -2.10. The summed E-state index contributed by atoms with van der Waals surface area (Å²) in [5.41, 5.74) is 0. The Morgan fingerprint density at radius 1 is 1.56 bits per heavy atom. The molecule has 0 unspecified atom stereocenters. The van der Waals surface area contributed by atoms with Gasteiger partial charge in [0.25, 0.3) is 0 Å². The van der Waals surface area contributed by atoms with E-state index in [1.807, 2.05) is 0 Å². The van der Waals surface area contributed by atoms with Crippen LogP contribution in [0.4, 0.5) is 0 Å². The Hall–Kier alpha value is -0.620. The zero-order valence-corrected chi connectivity index (χ0v) is 5.27. The van der Waals surface area contributed by atoms with E-state index in [0.29, 0.717) is 0 Å². The highest BCUT2D eigenvalue weighted by molar-refractivity contribution is 7.85. The third-order valence-corrected chi connectivity index (χ3v) is 1.76. The molecule has 0 bridgehead atoms. The number of hydrogen-bond acceptors (Lipinski definition) is 4. The second-order valence-electron chi connectivity index (χ2n) is 1.55. The van der Waals surface area contributed by atoms with Gasteiger partial charge in [-0.05, 0) is 0 Å². The van der Waals surface area contributed by atoms with Crippen LogP contribution in [0.2, 0.25) is 0 Å². The molecule has 1 heterocycles. The topological polar surface area (TPSA) is 72.5 Å². The predicted molar refractivity (Wildman–Crippen MR) is 27.6 cm³/mol. The molecule has 0 radical (unpaired) electrons. The first-order chi connectivity index (χ1) is 4.10. The van der Waals surface area contributed by atoms with Gasteiger partial charge in [0.15, 0.2) is 0 Å². The van der Waals surface area contributed by atoms with Crippen molar-refractivity contribution in [1.82, 2.24) is 4.72 Å². The van der Waals surface area contributed by atoms with Crippen LogP contribution >= 0.6 is 0 Å². The molecule has 0 spiro atoms. The van der Waals surface area contributed by atoms with Crippen molar-refractivity contribution in [3.63, 3.8) is 0 Å². The molecule has 9 heavy (non-hydrogen) atoms. The van der Waals surface area contributed by atoms with Crippen LogP contribution in [0.3, 0.4) is 0 Å². The second kappa shape index (κ2) is 1.96. The standard InChI is InChI=1S/C3H5NO4S/c5-3-1-2-8-9(6,7)4-3/h1-2H2,(H,4,5). The van der Waals surface area contributed by atoms with E-state index >= 15 is 0 Å². The van der Waals surface area contributed by atoms with Gasteiger partial charge in [-0.1, -0.05) is 0 Å². The van der Waals surface area contributed by atoms with Crippen molar-refractivity contribution in [1.29, 1.82) is 0 Å². The van der Waals surface area contributed by atoms with E-state index in [4.69, 9.17) is 0 Å². The lowest BCUT2D eigenvalue weighted by atomic mass is 10.4. The maximum absolute atomic E-state index is 10.3. The zero-order valence-electron chi connectivity index (χ0n) is 4.46.